The third-order valence-electron chi connectivity index (χ3n) is 7.17. The van der Waals surface area contributed by atoms with E-state index >= 15 is 0 Å². The number of rotatable bonds is 5. The fraction of sp³-hybridized carbons (Fsp3) is 0.480. The molecule has 0 aromatic heterocycles. The minimum Gasteiger partial charge on any atom is -0.390 e. The monoisotopic (exact) mass is 406 g/mol. The molecule has 2 aromatic rings. The Hall–Kier alpha value is -2.21. The first-order valence-electron chi connectivity index (χ1n) is 11.1. The molecule has 1 amide bonds. The van der Waals surface area contributed by atoms with Crippen molar-refractivity contribution in [2.45, 2.75) is 43.8 Å². The van der Waals surface area contributed by atoms with Gasteiger partial charge in [-0.25, -0.2) is 0 Å². The van der Waals surface area contributed by atoms with Crippen molar-refractivity contribution < 1.29 is 15.0 Å². The Morgan fingerprint density at radius 2 is 1.77 bits per heavy atom. The molecule has 2 aliphatic heterocycles. The summed E-state index contributed by atoms with van der Waals surface area (Å²) < 4.78 is 0. The number of hydrogen-bond donors (Lipinski definition) is 3. The zero-order valence-corrected chi connectivity index (χ0v) is 17.3. The average Bonchev–Trinajstić information content (AvgIpc) is 3.21. The summed E-state index contributed by atoms with van der Waals surface area (Å²) in [4.78, 5) is 14.2. The van der Waals surface area contributed by atoms with E-state index in [4.69, 9.17) is 0 Å². The number of hydrogen-bond acceptors (Lipinski definition) is 4. The van der Waals surface area contributed by atoms with Gasteiger partial charge >= 0.3 is 0 Å². The van der Waals surface area contributed by atoms with Crippen LogP contribution in [0.15, 0.2) is 48.5 Å². The molecule has 5 heteroatoms. The predicted octanol–water partition coefficient (Wildman–Crippen LogP) is 2.92. The van der Waals surface area contributed by atoms with Crippen LogP contribution in [0.2, 0.25) is 0 Å². The van der Waals surface area contributed by atoms with E-state index in [-0.39, 0.29) is 5.91 Å². The van der Waals surface area contributed by atoms with Gasteiger partial charge in [0, 0.05) is 43.7 Å². The molecular weight excluding hydrogens is 376 g/mol. The van der Waals surface area contributed by atoms with Crippen molar-refractivity contribution in [1.29, 1.82) is 0 Å². The molecule has 2 fully saturated rings. The van der Waals surface area contributed by atoms with Crippen LogP contribution in [0.5, 0.6) is 0 Å². The van der Waals surface area contributed by atoms with E-state index in [9.17, 15) is 15.0 Å². The average molecular weight is 407 g/mol. The number of carbonyl (C=O) groups excluding carboxylic acids is 1. The molecule has 5 nitrogen and oxygen atoms in total. The predicted molar refractivity (Wildman–Crippen MR) is 116 cm³/mol. The summed E-state index contributed by atoms with van der Waals surface area (Å²) in [5.41, 5.74) is 3.32. The van der Waals surface area contributed by atoms with Gasteiger partial charge in [-0.2, -0.15) is 0 Å². The van der Waals surface area contributed by atoms with E-state index in [1.807, 2.05) is 36.4 Å². The molecule has 1 aliphatic carbocycles. The molecule has 2 aromatic carbocycles. The summed E-state index contributed by atoms with van der Waals surface area (Å²) in [6, 6.07) is 16.2. The van der Waals surface area contributed by atoms with Gasteiger partial charge in [-0.1, -0.05) is 48.5 Å². The number of carbonyl (C=O) groups is 1. The first kappa shape index (κ1) is 19.7. The first-order chi connectivity index (χ1) is 14.5. The van der Waals surface area contributed by atoms with Gasteiger partial charge in [-0.15, -0.1) is 0 Å². The zero-order chi connectivity index (χ0) is 20.7. The lowest BCUT2D eigenvalue weighted by atomic mass is 9.91. The van der Waals surface area contributed by atoms with E-state index < -0.39 is 11.7 Å². The number of para-hydroxylation sites is 1. The smallest absolute Gasteiger partial charge is 0.224 e. The van der Waals surface area contributed by atoms with Crippen LogP contribution >= 0.6 is 0 Å². The molecule has 3 N–H and O–H groups in total. The molecule has 30 heavy (non-hydrogen) atoms. The van der Waals surface area contributed by atoms with Gasteiger partial charge in [0.05, 0.1) is 11.7 Å². The Morgan fingerprint density at radius 3 is 2.50 bits per heavy atom. The number of amides is 1. The maximum absolute atomic E-state index is 11.8. The Balaban J connectivity index is 1.21. The van der Waals surface area contributed by atoms with E-state index in [1.54, 1.807) is 0 Å². The van der Waals surface area contributed by atoms with Crippen molar-refractivity contribution >= 4 is 11.6 Å². The van der Waals surface area contributed by atoms with Gasteiger partial charge in [-0.05, 0) is 42.2 Å². The molecule has 0 spiro atoms. The number of β-amino-alcohol motifs (C(OH)–C–C–N with tert-alkyl or cyclic N) is 1. The van der Waals surface area contributed by atoms with Crippen molar-refractivity contribution in [1.82, 2.24) is 4.90 Å². The molecule has 2 heterocycles. The van der Waals surface area contributed by atoms with Crippen molar-refractivity contribution in [3.8, 4) is 0 Å². The summed E-state index contributed by atoms with van der Waals surface area (Å²) in [5, 5.41) is 25.0. The Morgan fingerprint density at radius 1 is 1.03 bits per heavy atom. The van der Waals surface area contributed by atoms with Gasteiger partial charge in [0.25, 0.3) is 0 Å². The number of aliphatic hydroxyl groups excluding tert-OH is 1. The van der Waals surface area contributed by atoms with E-state index in [1.165, 1.54) is 5.56 Å². The van der Waals surface area contributed by atoms with Crippen LogP contribution < -0.4 is 5.32 Å². The molecule has 2 unspecified atom stereocenters. The van der Waals surface area contributed by atoms with E-state index in [2.05, 4.69) is 22.3 Å². The topological polar surface area (TPSA) is 72.8 Å². The second-order valence-corrected chi connectivity index (χ2v) is 9.48. The molecule has 5 rings (SSSR count). The summed E-state index contributed by atoms with van der Waals surface area (Å²) in [6.45, 7) is 2.40. The number of anilines is 1. The van der Waals surface area contributed by atoms with E-state index in [0.717, 1.165) is 55.6 Å². The molecule has 0 radical (unpaired) electrons. The SMILES string of the molecule is O=C1CCc2cccc(C(O)CN3C[C@@H]4CC(O)(Cc5ccccc5)C[C@@H]4C3)c2N1. The minimum atomic E-state index is -0.625. The molecule has 158 valence electrons. The molecule has 1 saturated heterocycles. The van der Waals surface area contributed by atoms with E-state index in [0.29, 0.717) is 24.8 Å². The summed E-state index contributed by atoms with van der Waals surface area (Å²) in [7, 11) is 0. The molecule has 3 aliphatic rings. The van der Waals surface area contributed by atoms with Crippen LogP contribution in [0.4, 0.5) is 5.69 Å². The lowest BCUT2D eigenvalue weighted by molar-refractivity contribution is -0.116. The van der Waals surface area contributed by atoms with Crippen LogP contribution in [0.1, 0.15) is 42.1 Å². The Kier molecular flexibility index (Phi) is 5.13. The Bertz CT molecular complexity index is 915. The lowest BCUT2D eigenvalue weighted by Crippen LogP contribution is -2.33. The fourth-order valence-electron chi connectivity index (χ4n) is 5.88. The number of aryl methyl sites for hydroxylation is 1. The van der Waals surface area contributed by atoms with Crippen LogP contribution in [0.3, 0.4) is 0 Å². The quantitative estimate of drug-likeness (QED) is 0.714. The van der Waals surface area contributed by atoms with Crippen molar-refractivity contribution in [2.75, 3.05) is 25.0 Å². The highest BCUT2D eigenvalue weighted by molar-refractivity contribution is 5.94. The minimum absolute atomic E-state index is 0.0237. The molecule has 0 bridgehead atoms. The highest BCUT2D eigenvalue weighted by Gasteiger charge is 2.48. The van der Waals surface area contributed by atoms with Crippen molar-refractivity contribution in [2.24, 2.45) is 11.8 Å². The number of nitrogens with one attached hydrogen (secondary N) is 1. The number of benzene rings is 2. The number of fused-ring (bicyclic) bond motifs is 2. The van der Waals surface area contributed by atoms with Crippen molar-refractivity contribution in [3.05, 3.63) is 65.2 Å². The summed E-state index contributed by atoms with van der Waals surface area (Å²) in [6.07, 6.45) is 3.00. The van der Waals surface area contributed by atoms with Crippen LogP contribution in [-0.2, 0) is 17.6 Å². The first-order valence-corrected chi connectivity index (χ1v) is 11.1. The second kappa shape index (κ2) is 7.80. The van der Waals surface area contributed by atoms with Gasteiger partial charge in [0.15, 0.2) is 0 Å². The summed E-state index contributed by atoms with van der Waals surface area (Å²) >= 11 is 0. The number of likely N-dealkylation sites (tertiary alicyclic amines) is 1. The lowest BCUT2D eigenvalue weighted by Gasteiger charge is -2.28. The fourth-order valence-corrected chi connectivity index (χ4v) is 5.88. The third-order valence-corrected chi connectivity index (χ3v) is 7.17. The van der Waals surface area contributed by atoms with Gasteiger partial charge in [-0.3, -0.25) is 9.69 Å². The molecular formula is C25H30N2O3. The molecule has 1 saturated carbocycles. The van der Waals surface area contributed by atoms with Crippen LogP contribution in [0.25, 0.3) is 0 Å². The number of nitrogens with zero attached hydrogens (tertiary/aromatic N) is 1. The van der Waals surface area contributed by atoms with Crippen LogP contribution in [-0.4, -0.2) is 46.3 Å². The maximum Gasteiger partial charge on any atom is 0.224 e. The van der Waals surface area contributed by atoms with Gasteiger partial charge in [0.1, 0.15) is 0 Å². The maximum atomic E-state index is 11.8. The number of aliphatic hydroxyl groups is 2. The zero-order valence-electron chi connectivity index (χ0n) is 17.3. The third kappa shape index (κ3) is 3.89. The second-order valence-electron chi connectivity index (χ2n) is 9.48. The highest BCUT2D eigenvalue weighted by Crippen LogP contribution is 2.45. The van der Waals surface area contributed by atoms with Crippen molar-refractivity contribution in [3.63, 3.8) is 0 Å². The van der Waals surface area contributed by atoms with Gasteiger partial charge in [0.2, 0.25) is 5.91 Å². The Labute approximate surface area is 177 Å². The highest BCUT2D eigenvalue weighted by atomic mass is 16.3. The van der Waals surface area contributed by atoms with Gasteiger partial charge < -0.3 is 15.5 Å². The normalized spacial score (nSPS) is 29.3. The largest absolute Gasteiger partial charge is 0.390 e. The standard InChI is InChI=1S/C25H30N2O3/c28-22(21-8-4-7-18-9-10-23(29)26-24(18)21)16-27-14-19-12-25(30,13-20(19)15-27)11-17-5-2-1-3-6-17/h1-8,19-20,22,28,30H,9-16H2,(H,26,29)/t19-,20+,22?,25?. The van der Waals surface area contributed by atoms with Crippen LogP contribution in [0, 0.1) is 11.8 Å². The summed E-state index contributed by atoms with van der Waals surface area (Å²) in [5.74, 6) is 0.987. The molecule has 4 atom stereocenters.